The van der Waals surface area contributed by atoms with E-state index in [1.165, 1.54) is 289 Å². The first-order valence-corrected chi connectivity index (χ1v) is 42.9. The van der Waals surface area contributed by atoms with Crippen molar-refractivity contribution in [2.75, 3.05) is 34.7 Å². The van der Waals surface area contributed by atoms with E-state index < -0.39 is 11.6 Å². The topological polar surface area (TPSA) is 43.4 Å². The van der Waals surface area contributed by atoms with Crippen molar-refractivity contribution in [3.05, 3.63) is 97.2 Å². The van der Waals surface area contributed by atoms with Crippen molar-refractivity contribution in [1.82, 2.24) is 9.80 Å². The van der Waals surface area contributed by atoms with Crippen LogP contribution in [0.1, 0.15) is 387 Å². The minimum atomic E-state index is -0.490. The molecule has 0 aromatic carbocycles. The van der Waals surface area contributed by atoms with E-state index in [9.17, 15) is 0 Å². The van der Waals surface area contributed by atoms with Crippen LogP contribution in [0.4, 0.5) is 0 Å². The summed E-state index contributed by atoms with van der Waals surface area (Å²) in [5.74, 6) is 0.359. The predicted octanol–water partition coefficient (Wildman–Crippen LogP) is 27.7. The highest BCUT2D eigenvalue weighted by Crippen LogP contribution is 2.54. The van der Waals surface area contributed by atoms with Gasteiger partial charge in [0, 0.05) is 38.3 Å². The lowest BCUT2D eigenvalue weighted by molar-refractivity contribution is -0.199. The molecule has 0 amide bonds. The third-order valence-corrected chi connectivity index (χ3v) is 22.2. The molecule has 0 bridgehead atoms. The first-order chi connectivity index (χ1) is 47.7. The zero-order chi connectivity index (χ0) is 69.2. The summed E-state index contributed by atoms with van der Waals surface area (Å²) in [7, 11) is 9.24. The largest absolute Gasteiger partial charge is 0.344 e. The van der Waals surface area contributed by atoms with Gasteiger partial charge in [-0.15, -0.1) is 0 Å². The number of fused-ring (bicyclic) bond motifs is 2. The molecule has 4 aliphatic rings. The molecular formula is C91H162N2O4. The molecule has 2 aliphatic heterocycles. The summed E-state index contributed by atoms with van der Waals surface area (Å²) in [6.45, 7) is 10.3. The second-order valence-electron chi connectivity index (χ2n) is 31.7. The molecule has 4 fully saturated rings. The lowest BCUT2D eigenvalue weighted by Crippen LogP contribution is -2.53. The van der Waals surface area contributed by atoms with Crippen molar-refractivity contribution < 1.29 is 18.9 Å². The Morgan fingerprint density at radius 2 is 0.536 bits per heavy atom. The Kier molecular flexibility index (Phi) is 53.1. The number of unbranched alkanes of at least 4 members (excludes halogenated alkanes) is 36. The average molecular weight is 1350 g/mol. The number of nitrogens with zero attached hydrogens (tertiary/aromatic N) is 2. The molecular weight excluding hydrogens is 1190 g/mol. The molecule has 0 spiro atoms. The Morgan fingerprint density at radius 1 is 0.278 bits per heavy atom. The maximum atomic E-state index is 7.86. The van der Waals surface area contributed by atoms with Crippen molar-refractivity contribution in [3.63, 3.8) is 0 Å². The van der Waals surface area contributed by atoms with E-state index >= 15 is 0 Å². The fourth-order valence-electron chi connectivity index (χ4n) is 16.4. The van der Waals surface area contributed by atoms with Gasteiger partial charge in [-0.25, -0.2) is 0 Å². The molecule has 0 aromatic rings. The fourth-order valence-corrected chi connectivity index (χ4v) is 16.4. The molecule has 0 N–H and O–H groups in total. The first kappa shape index (κ1) is 87.1. The number of ether oxygens (including phenoxy) is 4. The quantitative estimate of drug-likeness (QED) is 0.0447. The number of rotatable bonds is 64. The SMILES string of the molecule is CCCCC/C=C\C/C=C\CCCCCCCCC1(CCCCCCCC/C=C\C/C=C\CCCCC)O[C@@H]2C(C3C[C@H](CN(C)C)C[C@H]4OC(CCCCCCCC/C=C\C/C=C\CCCCC)(CCCCCCCC/C=C\C/C=C\CCCCC)O[C@@H]34)C[C@H](N(C)C)C[C@H]2O1. The minimum Gasteiger partial charge on any atom is -0.344 e. The van der Waals surface area contributed by atoms with Gasteiger partial charge >= 0.3 is 0 Å². The summed E-state index contributed by atoms with van der Waals surface area (Å²) in [4.78, 5) is 4.98. The number of allylic oxidation sites excluding steroid dienone is 16. The third-order valence-electron chi connectivity index (χ3n) is 22.2. The van der Waals surface area contributed by atoms with E-state index in [1.54, 1.807) is 0 Å². The van der Waals surface area contributed by atoms with Crippen LogP contribution < -0.4 is 0 Å². The summed E-state index contributed by atoms with van der Waals surface area (Å²) in [6, 6.07) is 0.464. The van der Waals surface area contributed by atoms with Crippen LogP contribution in [-0.2, 0) is 18.9 Å². The van der Waals surface area contributed by atoms with Crippen molar-refractivity contribution in [1.29, 1.82) is 0 Å². The van der Waals surface area contributed by atoms with Gasteiger partial charge in [0.25, 0.3) is 0 Å². The first-order valence-electron chi connectivity index (χ1n) is 42.9. The summed E-state index contributed by atoms with van der Waals surface area (Å²) >= 11 is 0. The minimum absolute atomic E-state index is 0.105. The Hall–Kier alpha value is -2.32. The Balaban J connectivity index is 1.44. The lowest BCUT2D eigenvalue weighted by Gasteiger charge is -2.47. The molecule has 97 heavy (non-hydrogen) atoms. The molecule has 2 unspecified atom stereocenters. The van der Waals surface area contributed by atoms with Crippen molar-refractivity contribution in [2.24, 2.45) is 17.8 Å². The van der Waals surface area contributed by atoms with Gasteiger partial charge in [0.1, 0.15) is 0 Å². The average Bonchev–Trinajstić information content (AvgIpc) is 1.61. The van der Waals surface area contributed by atoms with E-state index in [2.05, 4.69) is 163 Å². The molecule has 4 rings (SSSR count). The summed E-state index contributed by atoms with van der Waals surface area (Å²) in [5.41, 5.74) is 0. The maximum absolute atomic E-state index is 7.86. The second kappa shape index (κ2) is 59.1. The highest BCUT2D eigenvalue weighted by Gasteiger charge is 2.60. The maximum Gasteiger partial charge on any atom is 0.169 e. The molecule has 0 aromatic heterocycles. The molecule has 560 valence electrons. The van der Waals surface area contributed by atoms with Gasteiger partial charge in [-0.3, -0.25) is 0 Å². The van der Waals surface area contributed by atoms with Crippen LogP contribution in [0.2, 0.25) is 0 Å². The molecule has 0 radical (unpaired) electrons. The van der Waals surface area contributed by atoms with Crippen molar-refractivity contribution in [3.8, 4) is 0 Å². The van der Waals surface area contributed by atoms with Gasteiger partial charge in [0.2, 0.25) is 0 Å². The van der Waals surface area contributed by atoms with E-state index in [0.29, 0.717) is 23.8 Å². The molecule has 6 heteroatoms. The molecule has 8 atom stereocenters. The van der Waals surface area contributed by atoms with Gasteiger partial charge in [0.05, 0.1) is 24.4 Å². The standard InChI is InChI=1S/C91H162N2O4/c1-9-13-17-21-25-29-33-37-41-45-49-53-57-61-65-69-73-90(74-70-66-62-58-54-50-46-42-38-34-30-26-22-18-14-10-2)94-86-78-82(81-92(5)6)77-84(88(86)96-90)85-79-83(93(7)8)80-87-89(85)97-91(95-87,75-71-67-63-59-55-51-47-43-39-35-31-27-23-19-15-11-3)76-72-68-64-60-56-52-48-44-40-36-32-28-24-20-16-12-4/h25-32,37-44,82-89H,9-24,33-36,45-81H2,1-8H3/b29-25-,30-26-,31-27-,32-28-,41-37-,42-38-,43-39-,44-40-/t82-,83-,84?,85?,86+,87+,88-,89+/m0/s1. The van der Waals surface area contributed by atoms with Gasteiger partial charge in [-0.2, -0.15) is 0 Å². The lowest BCUT2D eigenvalue weighted by atomic mass is 9.65. The van der Waals surface area contributed by atoms with Crippen LogP contribution >= 0.6 is 0 Å². The van der Waals surface area contributed by atoms with Crippen molar-refractivity contribution in [2.45, 2.75) is 429 Å². The summed E-state index contributed by atoms with van der Waals surface area (Å²) < 4.78 is 31.1. The highest BCUT2D eigenvalue weighted by atomic mass is 16.8. The van der Waals surface area contributed by atoms with Crippen LogP contribution in [0.15, 0.2) is 97.2 Å². The Bertz CT molecular complexity index is 1950. The molecule has 2 saturated carbocycles. The zero-order valence-electron chi connectivity index (χ0n) is 65.7. The fraction of sp³-hybridized carbons (Fsp3) is 0.824. The smallest absolute Gasteiger partial charge is 0.169 e. The number of hydrogen-bond donors (Lipinski definition) is 0. The van der Waals surface area contributed by atoms with E-state index in [0.717, 1.165) is 77.2 Å². The van der Waals surface area contributed by atoms with Crippen LogP contribution in [0.3, 0.4) is 0 Å². The Labute approximate surface area is 604 Å². The van der Waals surface area contributed by atoms with E-state index in [4.69, 9.17) is 18.9 Å². The van der Waals surface area contributed by atoms with Crippen LogP contribution in [-0.4, -0.2) is 86.6 Å². The monoisotopic (exact) mass is 1350 g/mol. The van der Waals surface area contributed by atoms with E-state index in [-0.39, 0.29) is 24.4 Å². The van der Waals surface area contributed by atoms with Crippen molar-refractivity contribution >= 4 is 0 Å². The summed E-state index contributed by atoms with van der Waals surface area (Å²) in [5, 5.41) is 0. The number of hydrogen-bond acceptors (Lipinski definition) is 6. The zero-order valence-corrected chi connectivity index (χ0v) is 65.7. The van der Waals surface area contributed by atoms with Gasteiger partial charge in [0.15, 0.2) is 11.6 Å². The Morgan fingerprint density at radius 3 is 0.814 bits per heavy atom. The molecule has 2 saturated heterocycles. The van der Waals surface area contributed by atoms with Gasteiger partial charge in [-0.1, -0.05) is 279 Å². The third kappa shape index (κ3) is 41.5. The molecule has 2 aliphatic carbocycles. The second-order valence-corrected chi connectivity index (χ2v) is 31.7. The predicted molar refractivity (Wildman–Crippen MR) is 426 cm³/mol. The highest BCUT2D eigenvalue weighted by molar-refractivity contribution is 5.06. The molecule has 2 heterocycles. The molecule has 6 nitrogen and oxygen atoms in total. The van der Waals surface area contributed by atoms with Gasteiger partial charge in [-0.05, 0) is 226 Å². The van der Waals surface area contributed by atoms with Crippen LogP contribution in [0.25, 0.3) is 0 Å². The normalized spacial score (nSPS) is 22.9. The van der Waals surface area contributed by atoms with Gasteiger partial charge < -0.3 is 28.7 Å². The van der Waals surface area contributed by atoms with Crippen LogP contribution in [0.5, 0.6) is 0 Å². The van der Waals surface area contributed by atoms with E-state index in [1.807, 2.05) is 0 Å². The van der Waals surface area contributed by atoms with Crippen LogP contribution in [0, 0.1) is 17.8 Å². The summed E-state index contributed by atoms with van der Waals surface area (Å²) in [6.07, 6.45) is 108.